The number of nitrogens with one attached hydrogen (secondary N) is 1. The van der Waals surface area contributed by atoms with Crippen LogP contribution in [-0.2, 0) is 14.8 Å². The van der Waals surface area contributed by atoms with Gasteiger partial charge in [-0.1, -0.05) is 17.7 Å². The lowest BCUT2D eigenvalue weighted by Gasteiger charge is -2.13. The van der Waals surface area contributed by atoms with E-state index < -0.39 is 22.6 Å². The molecule has 2 aromatic carbocycles. The zero-order valence-electron chi connectivity index (χ0n) is 20.1. The van der Waals surface area contributed by atoms with E-state index in [-0.39, 0.29) is 22.0 Å². The Labute approximate surface area is 204 Å². The molecular formula is C26H28N2O6S. The highest BCUT2D eigenvalue weighted by molar-refractivity contribution is 7.92. The SMILES string of the molecule is COc1ccc(C(=O)OCC(=O)c2cc(C)n(C3CC3)c2C)cc1S(=O)(=O)Nc1ccc(C)cc1. The Morgan fingerprint density at radius 2 is 1.71 bits per heavy atom. The maximum atomic E-state index is 13.0. The van der Waals surface area contributed by atoms with Gasteiger partial charge >= 0.3 is 5.97 Å². The van der Waals surface area contributed by atoms with E-state index >= 15 is 0 Å². The van der Waals surface area contributed by atoms with Crippen LogP contribution < -0.4 is 9.46 Å². The first-order valence-corrected chi connectivity index (χ1v) is 12.8. The van der Waals surface area contributed by atoms with Crippen LogP contribution in [0.3, 0.4) is 0 Å². The number of ether oxygens (including phenoxy) is 2. The number of esters is 1. The molecule has 0 saturated heterocycles. The number of sulfonamides is 1. The summed E-state index contributed by atoms with van der Waals surface area (Å²) in [5.74, 6) is -1.03. The fourth-order valence-electron chi connectivity index (χ4n) is 4.09. The number of aromatic nitrogens is 1. The molecule has 1 saturated carbocycles. The normalized spacial score (nSPS) is 13.4. The monoisotopic (exact) mass is 496 g/mol. The first-order valence-electron chi connectivity index (χ1n) is 11.3. The minimum atomic E-state index is -4.06. The van der Waals surface area contributed by atoms with Gasteiger partial charge in [0.15, 0.2) is 6.61 Å². The van der Waals surface area contributed by atoms with E-state index in [9.17, 15) is 18.0 Å². The molecule has 184 valence electrons. The van der Waals surface area contributed by atoms with Crippen LogP contribution in [0.4, 0.5) is 5.69 Å². The average Bonchev–Trinajstić information content (AvgIpc) is 3.62. The molecule has 1 aliphatic rings. The highest BCUT2D eigenvalue weighted by Crippen LogP contribution is 2.38. The summed E-state index contributed by atoms with van der Waals surface area (Å²) in [7, 11) is -2.72. The molecule has 1 N–H and O–H groups in total. The third-order valence-electron chi connectivity index (χ3n) is 6.02. The number of rotatable bonds is 9. The van der Waals surface area contributed by atoms with Crippen molar-refractivity contribution < 1.29 is 27.5 Å². The molecule has 0 bridgehead atoms. The second-order valence-corrected chi connectivity index (χ2v) is 10.4. The molecule has 1 aliphatic carbocycles. The minimum absolute atomic E-state index is 0.00802. The second kappa shape index (κ2) is 9.58. The molecule has 1 fully saturated rings. The number of carbonyl (C=O) groups is 2. The number of benzene rings is 2. The van der Waals surface area contributed by atoms with Gasteiger partial charge in [0.2, 0.25) is 5.78 Å². The van der Waals surface area contributed by atoms with E-state index in [0.717, 1.165) is 29.8 Å². The summed E-state index contributed by atoms with van der Waals surface area (Å²) in [4.78, 5) is 25.2. The van der Waals surface area contributed by atoms with Crippen LogP contribution in [0.2, 0.25) is 0 Å². The van der Waals surface area contributed by atoms with Gasteiger partial charge in [-0.15, -0.1) is 0 Å². The van der Waals surface area contributed by atoms with Crippen molar-refractivity contribution in [1.82, 2.24) is 4.57 Å². The fourth-order valence-corrected chi connectivity index (χ4v) is 5.35. The lowest BCUT2D eigenvalue weighted by atomic mass is 10.1. The first-order chi connectivity index (χ1) is 16.6. The molecule has 4 rings (SSSR count). The predicted octanol–water partition coefficient (Wildman–Crippen LogP) is 4.60. The predicted molar refractivity (Wildman–Crippen MR) is 132 cm³/mol. The van der Waals surface area contributed by atoms with Crippen LogP contribution in [0, 0.1) is 20.8 Å². The first kappa shape index (κ1) is 24.5. The number of Topliss-reactive ketones (excluding diaryl/α,β-unsaturated/α-hetero) is 1. The van der Waals surface area contributed by atoms with Crippen LogP contribution in [0.1, 0.15) is 56.6 Å². The van der Waals surface area contributed by atoms with Crippen molar-refractivity contribution in [2.24, 2.45) is 0 Å². The molecule has 0 aliphatic heterocycles. The summed E-state index contributed by atoms with van der Waals surface area (Å²) in [5.41, 5.74) is 3.75. The highest BCUT2D eigenvalue weighted by atomic mass is 32.2. The minimum Gasteiger partial charge on any atom is -0.495 e. The van der Waals surface area contributed by atoms with E-state index in [1.807, 2.05) is 26.8 Å². The maximum absolute atomic E-state index is 13.0. The van der Waals surface area contributed by atoms with Crippen molar-refractivity contribution in [3.63, 3.8) is 0 Å². The molecule has 0 spiro atoms. The summed E-state index contributed by atoms with van der Waals surface area (Å²) in [6.45, 7) is 5.30. The quantitative estimate of drug-likeness (QED) is 0.343. The average molecular weight is 497 g/mol. The van der Waals surface area contributed by atoms with Gasteiger partial charge in [-0.3, -0.25) is 9.52 Å². The van der Waals surface area contributed by atoms with E-state index in [4.69, 9.17) is 9.47 Å². The van der Waals surface area contributed by atoms with Crippen LogP contribution in [0.15, 0.2) is 53.4 Å². The van der Waals surface area contributed by atoms with Gasteiger partial charge in [-0.2, -0.15) is 0 Å². The zero-order valence-corrected chi connectivity index (χ0v) is 20.9. The summed E-state index contributed by atoms with van der Waals surface area (Å²) >= 11 is 0. The van der Waals surface area contributed by atoms with E-state index in [2.05, 4.69) is 9.29 Å². The van der Waals surface area contributed by atoms with Gasteiger partial charge in [0.1, 0.15) is 10.6 Å². The largest absolute Gasteiger partial charge is 0.495 e. The molecule has 35 heavy (non-hydrogen) atoms. The molecule has 1 aromatic heterocycles. The van der Waals surface area contributed by atoms with Crippen molar-refractivity contribution in [2.75, 3.05) is 18.4 Å². The zero-order chi connectivity index (χ0) is 25.3. The van der Waals surface area contributed by atoms with Crippen molar-refractivity contribution in [1.29, 1.82) is 0 Å². The third kappa shape index (κ3) is 5.24. The van der Waals surface area contributed by atoms with E-state index in [0.29, 0.717) is 17.3 Å². The molecular weight excluding hydrogens is 468 g/mol. The van der Waals surface area contributed by atoms with Crippen molar-refractivity contribution >= 4 is 27.5 Å². The maximum Gasteiger partial charge on any atom is 0.338 e. The molecule has 9 heteroatoms. The van der Waals surface area contributed by atoms with Gasteiger partial charge < -0.3 is 14.0 Å². The highest BCUT2D eigenvalue weighted by Gasteiger charge is 2.29. The lowest BCUT2D eigenvalue weighted by molar-refractivity contribution is 0.0474. The molecule has 8 nitrogen and oxygen atoms in total. The van der Waals surface area contributed by atoms with Crippen LogP contribution in [0.25, 0.3) is 0 Å². The standard InChI is InChI=1S/C26H28N2O6S/c1-16-5-8-20(9-6-16)27-35(31,32)25-14-19(7-12-24(25)33-4)26(30)34-15-23(29)22-13-17(2)28(18(22)3)21-10-11-21/h5-9,12-14,21,27H,10-11,15H2,1-4H3. The topological polar surface area (TPSA) is 104 Å². The van der Waals surface area contributed by atoms with Gasteiger partial charge in [0.25, 0.3) is 10.0 Å². The molecule has 0 radical (unpaired) electrons. The number of hydrogen-bond donors (Lipinski definition) is 1. The van der Waals surface area contributed by atoms with Crippen molar-refractivity contribution in [3.05, 3.63) is 76.6 Å². The lowest BCUT2D eigenvalue weighted by Crippen LogP contribution is -2.17. The van der Waals surface area contributed by atoms with Gasteiger partial charge in [-0.25, -0.2) is 13.2 Å². The number of carbonyl (C=O) groups excluding carboxylic acids is 2. The Bertz CT molecular complexity index is 1390. The number of methoxy groups -OCH3 is 1. The second-order valence-electron chi connectivity index (χ2n) is 8.72. The molecule has 0 unspecified atom stereocenters. The Balaban J connectivity index is 1.50. The van der Waals surface area contributed by atoms with Gasteiger partial charge in [0.05, 0.1) is 12.7 Å². The number of anilines is 1. The fraction of sp³-hybridized carbons (Fsp3) is 0.308. The Morgan fingerprint density at radius 1 is 1.03 bits per heavy atom. The van der Waals surface area contributed by atoms with Gasteiger partial charge in [0, 0.05) is 28.7 Å². The number of aryl methyl sites for hydroxylation is 2. The van der Waals surface area contributed by atoms with E-state index in [1.165, 1.54) is 25.3 Å². The molecule has 3 aromatic rings. The summed E-state index contributed by atoms with van der Waals surface area (Å²) < 4.78 is 41.1. The number of ketones is 1. The summed E-state index contributed by atoms with van der Waals surface area (Å²) in [5, 5.41) is 0. The third-order valence-corrected chi connectivity index (χ3v) is 7.43. The molecule has 1 heterocycles. The van der Waals surface area contributed by atoms with Crippen molar-refractivity contribution in [2.45, 2.75) is 44.6 Å². The van der Waals surface area contributed by atoms with Gasteiger partial charge in [-0.05, 0) is 70.0 Å². The Kier molecular flexibility index (Phi) is 6.71. The van der Waals surface area contributed by atoms with Crippen molar-refractivity contribution in [3.8, 4) is 5.75 Å². The molecule has 0 amide bonds. The smallest absolute Gasteiger partial charge is 0.338 e. The van der Waals surface area contributed by atoms with Crippen LogP contribution in [-0.4, -0.2) is 38.5 Å². The number of nitrogens with zero attached hydrogens (tertiary/aromatic N) is 1. The van der Waals surface area contributed by atoms with E-state index in [1.54, 1.807) is 24.3 Å². The molecule has 0 atom stereocenters. The van der Waals surface area contributed by atoms with Crippen LogP contribution >= 0.6 is 0 Å². The summed E-state index contributed by atoms with van der Waals surface area (Å²) in [6, 6.07) is 13.1. The Hall–Kier alpha value is -3.59. The summed E-state index contributed by atoms with van der Waals surface area (Å²) in [6.07, 6.45) is 2.20. The van der Waals surface area contributed by atoms with Crippen LogP contribution in [0.5, 0.6) is 5.75 Å². The number of hydrogen-bond acceptors (Lipinski definition) is 6. The Morgan fingerprint density at radius 3 is 2.34 bits per heavy atom.